The first-order valence-electron chi connectivity index (χ1n) is 7.77. The van der Waals surface area contributed by atoms with Crippen molar-refractivity contribution in [3.8, 4) is 0 Å². The lowest BCUT2D eigenvalue weighted by Crippen LogP contribution is -2.60. The van der Waals surface area contributed by atoms with Crippen molar-refractivity contribution in [1.82, 2.24) is 20.0 Å². The van der Waals surface area contributed by atoms with Crippen LogP contribution in [0.5, 0.6) is 0 Å². The van der Waals surface area contributed by atoms with E-state index >= 15 is 0 Å². The van der Waals surface area contributed by atoms with Crippen LogP contribution in [0.15, 0.2) is 18.5 Å². The van der Waals surface area contributed by atoms with Crippen molar-refractivity contribution in [3.63, 3.8) is 0 Å². The van der Waals surface area contributed by atoms with Gasteiger partial charge in [0.25, 0.3) is 0 Å². The molecule has 1 aromatic heterocycles. The maximum absolute atomic E-state index is 13.0. The van der Waals surface area contributed by atoms with Crippen molar-refractivity contribution in [2.45, 2.75) is 37.1 Å². The molecule has 1 aliphatic carbocycles. The van der Waals surface area contributed by atoms with E-state index in [2.05, 4.69) is 10.4 Å². The van der Waals surface area contributed by atoms with Gasteiger partial charge in [0, 0.05) is 44.7 Å². The van der Waals surface area contributed by atoms with Crippen LogP contribution in [-0.2, 0) is 15.1 Å². The highest BCUT2D eigenvalue weighted by molar-refractivity contribution is 5.86. The topological polar surface area (TPSA) is 67.2 Å². The lowest BCUT2D eigenvalue weighted by molar-refractivity contribution is -0.163. The smallest absolute Gasteiger partial charge is 0.249 e. The van der Waals surface area contributed by atoms with Crippen LogP contribution in [-0.4, -0.2) is 52.6 Å². The second-order valence-corrected chi connectivity index (χ2v) is 6.39. The van der Waals surface area contributed by atoms with Gasteiger partial charge in [-0.3, -0.25) is 14.3 Å². The zero-order valence-corrected chi connectivity index (χ0v) is 13.0. The van der Waals surface area contributed by atoms with E-state index in [1.54, 1.807) is 35.1 Å². The normalized spacial score (nSPS) is 27.3. The summed E-state index contributed by atoms with van der Waals surface area (Å²) in [5, 5.41) is 6.81. The Kier molecular flexibility index (Phi) is 3.85. The summed E-state index contributed by atoms with van der Waals surface area (Å²) in [7, 11) is 1.54. The van der Waals surface area contributed by atoms with Crippen LogP contribution in [0.25, 0.3) is 0 Å². The quantitative estimate of drug-likeness (QED) is 0.901. The van der Waals surface area contributed by atoms with Gasteiger partial charge in [-0.15, -0.1) is 0 Å². The minimum absolute atomic E-state index is 0.162. The number of piperidine rings is 1. The molecule has 23 heavy (non-hydrogen) atoms. The van der Waals surface area contributed by atoms with Gasteiger partial charge in [-0.1, -0.05) is 0 Å². The van der Waals surface area contributed by atoms with Crippen LogP contribution in [0, 0.1) is 5.92 Å². The molecular formula is C15H20F2N4O2. The van der Waals surface area contributed by atoms with E-state index in [9.17, 15) is 18.4 Å². The van der Waals surface area contributed by atoms with Crippen molar-refractivity contribution < 1.29 is 18.4 Å². The summed E-state index contributed by atoms with van der Waals surface area (Å²) < 4.78 is 27.6. The number of hydrogen-bond donors (Lipinski definition) is 1. The van der Waals surface area contributed by atoms with E-state index in [0.717, 1.165) is 0 Å². The highest BCUT2D eigenvalue weighted by Crippen LogP contribution is 2.44. The summed E-state index contributed by atoms with van der Waals surface area (Å²) >= 11 is 0. The first-order chi connectivity index (χ1) is 10.9. The molecule has 1 saturated carbocycles. The van der Waals surface area contributed by atoms with Gasteiger partial charge in [0.1, 0.15) is 0 Å². The molecular weight excluding hydrogens is 306 g/mol. The van der Waals surface area contributed by atoms with Crippen LogP contribution in [0.3, 0.4) is 0 Å². The molecule has 3 rings (SSSR count). The van der Waals surface area contributed by atoms with Crippen molar-refractivity contribution in [2.24, 2.45) is 5.92 Å². The zero-order valence-electron chi connectivity index (χ0n) is 13.0. The summed E-state index contributed by atoms with van der Waals surface area (Å²) in [5.74, 6) is -3.87. The van der Waals surface area contributed by atoms with Crippen LogP contribution in [0.1, 0.15) is 25.7 Å². The van der Waals surface area contributed by atoms with Gasteiger partial charge in [0.05, 0.1) is 6.54 Å². The molecule has 2 amide bonds. The molecule has 0 radical (unpaired) electrons. The van der Waals surface area contributed by atoms with Gasteiger partial charge >= 0.3 is 0 Å². The third-order valence-electron chi connectivity index (χ3n) is 4.81. The number of halogens is 2. The molecule has 6 nitrogen and oxygen atoms in total. The van der Waals surface area contributed by atoms with E-state index in [0.29, 0.717) is 19.4 Å². The van der Waals surface area contributed by atoms with Crippen LogP contribution in [0.2, 0.25) is 0 Å². The average molecular weight is 326 g/mol. The Hall–Kier alpha value is -1.99. The van der Waals surface area contributed by atoms with Crippen molar-refractivity contribution in [1.29, 1.82) is 0 Å². The monoisotopic (exact) mass is 326 g/mol. The molecule has 2 heterocycles. The number of likely N-dealkylation sites (tertiary alicyclic amines) is 1. The summed E-state index contributed by atoms with van der Waals surface area (Å²) in [6, 6.07) is 1.72. The lowest BCUT2D eigenvalue weighted by Gasteiger charge is -2.44. The van der Waals surface area contributed by atoms with Gasteiger partial charge in [0.2, 0.25) is 17.7 Å². The summed E-state index contributed by atoms with van der Waals surface area (Å²) in [6.45, 7) is 0.649. The Labute approximate surface area is 132 Å². The summed E-state index contributed by atoms with van der Waals surface area (Å²) in [4.78, 5) is 26.5. The van der Waals surface area contributed by atoms with Gasteiger partial charge in [-0.2, -0.15) is 5.10 Å². The number of alkyl halides is 2. The fraction of sp³-hybridized carbons (Fsp3) is 0.667. The number of carbonyl (C=O) groups excluding carboxylic acids is 2. The van der Waals surface area contributed by atoms with Crippen LogP contribution >= 0.6 is 0 Å². The van der Waals surface area contributed by atoms with Gasteiger partial charge in [0.15, 0.2) is 5.54 Å². The first-order valence-corrected chi connectivity index (χ1v) is 7.77. The standard InChI is InChI=1S/C15H20F2N4O2/c1-18-13(23)14(21-7-3-5-19-21)4-2-6-20(10-14)12(22)11-8-15(16,17)9-11/h3,5,7,11H,2,4,6,8-10H2,1H3,(H,18,23). The molecule has 1 atom stereocenters. The maximum Gasteiger partial charge on any atom is 0.249 e. The van der Waals surface area contributed by atoms with Crippen molar-refractivity contribution >= 4 is 11.8 Å². The average Bonchev–Trinajstić information content (AvgIpc) is 3.05. The molecule has 1 saturated heterocycles. The summed E-state index contributed by atoms with van der Waals surface area (Å²) in [6.07, 6.45) is 3.67. The molecule has 0 bridgehead atoms. The van der Waals surface area contributed by atoms with Crippen molar-refractivity contribution in [2.75, 3.05) is 20.1 Å². The third kappa shape index (κ3) is 2.70. The lowest BCUT2D eigenvalue weighted by atomic mass is 9.79. The number of nitrogens with one attached hydrogen (secondary N) is 1. The molecule has 2 fully saturated rings. The first kappa shape index (κ1) is 15.9. The highest BCUT2D eigenvalue weighted by Gasteiger charge is 2.52. The Morgan fingerprint density at radius 2 is 2.09 bits per heavy atom. The Morgan fingerprint density at radius 1 is 1.35 bits per heavy atom. The molecule has 0 aromatic carbocycles. The Morgan fingerprint density at radius 3 is 2.65 bits per heavy atom. The van der Waals surface area contributed by atoms with Gasteiger partial charge in [-0.05, 0) is 18.9 Å². The van der Waals surface area contributed by atoms with Crippen molar-refractivity contribution in [3.05, 3.63) is 18.5 Å². The molecule has 8 heteroatoms. The molecule has 0 spiro atoms. The van der Waals surface area contributed by atoms with E-state index in [4.69, 9.17) is 0 Å². The number of aromatic nitrogens is 2. The molecule has 1 aliphatic heterocycles. The number of likely N-dealkylation sites (N-methyl/N-ethyl adjacent to an activating group) is 1. The number of hydrogen-bond acceptors (Lipinski definition) is 3. The largest absolute Gasteiger partial charge is 0.357 e. The zero-order chi connectivity index (χ0) is 16.7. The SMILES string of the molecule is CNC(=O)C1(n2cccn2)CCCN(C(=O)C2CC(F)(F)C2)C1. The molecule has 1 aromatic rings. The number of nitrogens with zero attached hydrogens (tertiary/aromatic N) is 3. The predicted octanol–water partition coefficient (Wildman–Crippen LogP) is 0.992. The fourth-order valence-electron chi connectivity index (χ4n) is 3.55. The molecule has 1 unspecified atom stereocenters. The number of rotatable bonds is 3. The van der Waals surface area contributed by atoms with E-state index in [-0.39, 0.29) is 18.4 Å². The number of amides is 2. The minimum Gasteiger partial charge on any atom is -0.357 e. The second-order valence-electron chi connectivity index (χ2n) is 6.39. The van der Waals surface area contributed by atoms with E-state index in [1.807, 2.05) is 0 Å². The third-order valence-corrected chi connectivity index (χ3v) is 4.81. The Balaban J connectivity index is 1.80. The highest BCUT2D eigenvalue weighted by atomic mass is 19.3. The van der Waals surface area contributed by atoms with E-state index < -0.39 is 30.2 Å². The fourth-order valence-corrected chi connectivity index (χ4v) is 3.55. The maximum atomic E-state index is 13.0. The molecule has 126 valence electrons. The minimum atomic E-state index is -2.73. The van der Waals surface area contributed by atoms with Gasteiger partial charge < -0.3 is 10.2 Å². The summed E-state index contributed by atoms with van der Waals surface area (Å²) in [5.41, 5.74) is -0.974. The predicted molar refractivity (Wildman–Crippen MR) is 77.8 cm³/mol. The van der Waals surface area contributed by atoms with Crippen LogP contribution in [0.4, 0.5) is 8.78 Å². The van der Waals surface area contributed by atoms with E-state index in [1.165, 1.54) is 0 Å². The van der Waals surface area contributed by atoms with Gasteiger partial charge in [-0.25, -0.2) is 8.78 Å². The Bertz CT molecular complexity index is 597. The molecule has 2 aliphatic rings. The van der Waals surface area contributed by atoms with Crippen LogP contribution < -0.4 is 5.32 Å². The molecule has 1 N–H and O–H groups in total. The second kappa shape index (κ2) is 5.58. The number of carbonyl (C=O) groups is 2.